The fourth-order valence-corrected chi connectivity index (χ4v) is 2.85. The maximum atomic E-state index is 12.8. The number of hydrogen-bond acceptors (Lipinski definition) is 3. The lowest BCUT2D eigenvalue weighted by molar-refractivity contribution is 0.0949. The molecule has 0 aliphatic carbocycles. The van der Waals surface area contributed by atoms with Crippen LogP contribution in [0.3, 0.4) is 0 Å². The van der Waals surface area contributed by atoms with Crippen molar-refractivity contribution in [3.63, 3.8) is 0 Å². The van der Waals surface area contributed by atoms with Crippen molar-refractivity contribution >= 4 is 17.5 Å². The number of nitrogens with zero attached hydrogens (tertiary/aromatic N) is 3. The third-order valence-corrected chi connectivity index (χ3v) is 4.28. The van der Waals surface area contributed by atoms with Gasteiger partial charge in [0.2, 0.25) is 0 Å². The van der Waals surface area contributed by atoms with Crippen molar-refractivity contribution in [2.75, 3.05) is 27.2 Å². The summed E-state index contributed by atoms with van der Waals surface area (Å²) in [6.45, 7) is 7.58. The number of amides is 1. The van der Waals surface area contributed by atoms with Crippen LogP contribution in [0.1, 0.15) is 48.4 Å². The maximum Gasteiger partial charge on any atom is 0.255 e. The minimum atomic E-state index is -0.0531. The summed E-state index contributed by atoms with van der Waals surface area (Å²) in [6, 6.07) is 7.52. The molecule has 2 aromatic rings. The molecule has 2 rings (SSSR count). The van der Waals surface area contributed by atoms with E-state index in [0.717, 1.165) is 30.0 Å². The molecule has 0 radical (unpaired) electrons. The van der Waals surface area contributed by atoms with Crippen LogP contribution in [0.15, 0.2) is 24.3 Å². The van der Waals surface area contributed by atoms with Gasteiger partial charge in [0.05, 0.1) is 22.6 Å². The van der Waals surface area contributed by atoms with E-state index in [1.165, 1.54) is 0 Å². The third-order valence-electron chi connectivity index (χ3n) is 4.03. The molecule has 1 heterocycles. The van der Waals surface area contributed by atoms with Gasteiger partial charge in [-0.25, -0.2) is 4.68 Å². The van der Waals surface area contributed by atoms with Gasteiger partial charge in [-0.15, -0.1) is 0 Å². The Hall–Kier alpha value is -1.85. The van der Waals surface area contributed by atoms with Crippen molar-refractivity contribution in [1.29, 1.82) is 0 Å². The maximum absolute atomic E-state index is 12.8. The van der Waals surface area contributed by atoms with Crippen LogP contribution >= 0.6 is 11.6 Å². The summed E-state index contributed by atoms with van der Waals surface area (Å²) in [6.07, 6.45) is 0.721. The summed E-state index contributed by atoms with van der Waals surface area (Å²) >= 11 is 6.00. The Morgan fingerprint density at radius 2 is 1.92 bits per heavy atom. The molecule has 0 bridgehead atoms. The summed E-state index contributed by atoms with van der Waals surface area (Å²) < 4.78 is 1.87. The van der Waals surface area contributed by atoms with E-state index >= 15 is 0 Å². The van der Waals surface area contributed by atoms with E-state index in [2.05, 4.69) is 19.2 Å². The van der Waals surface area contributed by atoms with E-state index in [-0.39, 0.29) is 11.8 Å². The van der Waals surface area contributed by atoms with Gasteiger partial charge in [-0.1, -0.05) is 32.4 Å². The molecule has 0 spiro atoms. The fraction of sp³-hybridized carbons (Fsp3) is 0.474. The van der Waals surface area contributed by atoms with E-state index in [1.54, 1.807) is 0 Å². The largest absolute Gasteiger partial charge is 0.351 e. The van der Waals surface area contributed by atoms with Gasteiger partial charge in [-0.05, 0) is 50.7 Å². The average Bonchev–Trinajstić information content (AvgIpc) is 2.95. The molecule has 1 N–H and O–H groups in total. The van der Waals surface area contributed by atoms with Crippen LogP contribution < -0.4 is 5.32 Å². The number of carbonyl (C=O) groups is 1. The van der Waals surface area contributed by atoms with E-state index in [9.17, 15) is 4.79 Å². The number of hydrogen-bond donors (Lipinski definition) is 1. The Bertz CT molecular complexity index is 720. The summed E-state index contributed by atoms with van der Waals surface area (Å²) in [5.74, 6) is 0.107. The molecule has 0 saturated carbocycles. The fourth-order valence-electron chi connectivity index (χ4n) is 2.73. The van der Waals surface area contributed by atoms with Gasteiger partial charge in [-0.2, -0.15) is 5.10 Å². The smallest absolute Gasteiger partial charge is 0.255 e. The topological polar surface area (TPSA) is 50.2 Å². The summed E-state index contributed by atoms with van der Waals surface area (Å²) in [7, 11) is 3.98. The predicted octanol–water partition coefficient (Wildman–Crippen LogP) is 3.50. The number of halogens is 1. The molecule has 0 aliphatic heterocycles. The van der Waals surface area contributed by atoms with Gasteiger partial charge in [0, 0.05) is 18.1 Å². The van der Waals surface area contributed by atoms with Crippen molar-refractivity contribution < 1.29 is 4.79 Å². The molecule has 0 atom stereocenters. The van der Waals surface area contributed by atoms with Crippen LogP contribution in [0.2, 0.25) is 5.02 Å². The average molecular weight is 363 g/mol. The Kier molecular flexibility index (Phi) is 6.62. The summed E-state index contributed by atoms with van der Waals surface area (Å²) in [5.41, 5.74) is 3.37. The van der Waals surface area contributed by atoms with Crippen molar-refractivity contribution in [2.45, 2.75) is 33.1 Å². The highest BCUT2D eigenvalue weighted by molar-refractivity contribution is 6.30. The van der Waals surface area contributed by atoms with Gasteiger partial charge in [-0.3, -0.25) is 4.79 Å². The molecule has 6 heteroatoms. The third kappa shape index (κ3) is 4.61. The van der Waals surface area contributed by atoms with E-state index in [1.807, 2.05) is 54.9 Å². The Morgan fingerprint density at radius 3 is 2.44 bits per heavy atom. The van der Waals surface area contributed by atoms with Crippen molar-refractivity contribution in [1.82, 2.24) is 20.0 Å². The first kappa shape index (κ1) is 19.5. The van der Waals surface area contributed by atoms with Gasteiger partial charge < -0.3 is 10.2 Å². The molecule has 0 unspecified atom stereocenters. The van der Waals surface area contributed by atoms with E-state index < -0.39 is 0 Å². The Balaban J connectivity index is 2.43. The Labute approximate surface area is 155 Å². The normalized spacial score (nSPS) is 11.4. The van der Waals surface area contributed by atoms with Crippen LogP contribution in [-0.2, 0) is 6.42 Å². The van der Waals surface area contributed by atoms with Gasteiger partial charge in [0.1, 0.15) is 0 Å². The second-order valence-electron chi connectivity index (χ2n) is 6.66. The van der Waals surface area contributed by atoms with Gasteiger partial charge >= 0.3 is 0 Å². The molecule has 25 heavy (non-hydrogen) atoms. The molecule has 5 nitrogen and oxygen atoms in total. The molecule has 1 aromatic heterocycles. The quantitative estimate of drug-likeness (QED) is 0.820. The molecular formula is C19H27ClN4O. The van der Waals surface area contributed by atoms with Crippen LogP contribution in [-0.4, -0.2) is 47.8 Å². The first-order chi connectivity index (χ1) is 11.8. The molecule has 0 saturated heterocycles. The highest BCUT2D eigenvalue weighted by Gasteiger charge is 2.24. The number of likely N-dealkylation sites (N-methyl/N-ethyl adjacent to an activating group) is 1. The van der Waals surface area contributed by atoms with Crippen LogP contribution in [0.25, 0.3) is 5.69 Å². The van der Waals surface area contributed by atoms with E-state index in [0.29, 0.717) is 17.1 Å². The minimum absolute atomic E-state index is 0.0531. The summed E-state index contributed by atoms with van der Waals surface area (Å²) in [4.78, 5) is 14.9. The van der Waals surface area contributed by atoms with Gasteiger partial charge in [0.25, 0.3) is 5.91 Å². The van der Waals surface area contributed by atoms with Gasteiger partial charge in [0.15, 0.2) is 0 Å². The van der Waals surface area contributed by atoms with Crippen molar-refractivity contribution in [2.24, 2.45) is 0 Å². The molecule has 0 fully saturated rings. The summed E-state index contributed by atoms with van der Waals surface area (Å²) in [5, 5.41) is 8.45. The van der Waals surface area contributed by atoms with Crippen molar-refractivity contribution in [3.05, 3.63) is 46.2 Å². The molecule has 0 aliphatic rings. The molecular weight excluding hydrogens is 336 g/mol. The second kappa shape index (κ2) is 8.50. The van der Waals surface area contributed by atoms with Crippen molar-refractivity contribution in [3.8, 4) is 5.69 Å². The zero-order chi connectivity index (χ0) is 18.6. The first-order valence-electron chi connectivity index (χ1n) is 8.65. The number of nitrogens with one attached hydrogen (secondary N) is 1. The standard InChI is InChI=1S/C19H27ClN4O/c1-6-16-17(19(25)21-11-12-23(4)5)18(13(2)3)22-24(16)15-9-7-14(20)8-10-15/h7-10,13H,6,11-12H2,1-5H3,(H,21,25). The second-order valence-corrected chi connectivity index (χ2v) is 7.10. The minimum Gasteiger partial charge on any atom is -0.351 e. The van der Waals surface area contributed by atoms with E-state index in [4.69, 9.17) is 16.7 Å². The Morgan fingerprint density at radius 1 is 1.28 bits per heavy atom. The van der Waals surface area contributed by atoms with Crippen LogP contribution in [0, 0.1) is 0 Å². The monoisotopic (exact) mass is 362 g/mol. The SMILES string of the molecule is CCc1c(C(=O)NCCN(C)C)c(C(C)C)nn1-c1ccc(Cl)cc1. The number of carbonyl (C=O) groups excluding carboxylic acids is 1. The molecule has 1 aromatic carbocycles. The zero-order valence-corrected chi connectivity index (χ0v) is 16.4. The number of rotatable bonds is 7. The molecule has 1 amide bonds. The highest BCUT2D eigenvalue weighted by Crippen LogP contribution is 2.26. The number of benzene rings is 1. The first-order valence-corrected chi connectivity index (χ1v) is 9.03. The predicted molar refractivity (Wildman–Crippen MR) is 103 cm³/mol. The number of aromatic nitrogens is 2. The lowest BCUT2D eigenvalue weighted by atomic mass is 10.0. The van der Waals surface area contributed by atoms with Crippen LogP contribution in [0.5, 0.6) is 0 Å². The zero-order valence-electron chi connectivity index (χ0n) is 15.6. The highest BCUT2D eigenvalue weighted by atomic mass is 35.5. The lowest BCUT2D eigenvalue weighted by Gasteiger charge is -2.12. The lowest BCUT2D eigenvalue weighted by Crippen LogP contribution is -2.32. The molecule has 136 valence electrons. The van der Waals surface area contributed by atoms with Crippen LogP contribution in [0.4, 0.5) is 0 Å².